The van der Waals surface area contributed by atoms with Crippen LogP contribution in [-0.2, 0) is 28.8 Å². The molecule has 3 fully saturated rings. The van der Waals surface area contributed by atoms with Crippen LogP contribution in [0.2, 0.25) is 0 Å². The summed E-state index contributed by atoms with van der Waals surface area (Å²) in [4.78, 5) is 95.1. The van der Waals surface area contributed by atoms with Crippen LogP contribution in [0.3, 0.4) is 0 Å². The second kappa shape index (κ2) is 8.58. The molecule has 7 rings (SSSR count). The standard InChI is InChI=1S/C27H24N6O6/c34-19-13-7-1-2-8-14(13)20(35)31(19)25-28-26(32-21(36)15-9-3-4-10-16(15)22(32)37)30-27(29-25)33-23(38)17-11-5-6-12-18(17)24(33)39/h7,9,11,14,16,18H,1-6,8,10,12H2. The predicted molar refractivity (Wildman–Crippen MR) is 134 cm³/mol. The lowest BCUT2D eigenvalue weighted by atomic mass is 9.90. The normalized spacial score (nSPS) is 28.5. The van der Waals surface area contributed by atoms with Crippen LogP contribution in [-0.4, -0.2) is 50.4 Å². The fraction of sp³-hybridized carbons (Fsp3) is 0.444. The van der Waals surface area contributed by atoms with E-state index >= 15 is 0 Å². The maximum atomic E-state index is 13.3. The first-order valence-electron chi connectivity index (χ1n) is 13.4. The molecular formula is C27H24N6O6. The number of nitrogens with zero attached hydrogens (tertiary/aromatic N) is 6. The SMILES string of the molecule is O=C1C2=CCCCC2C(=O)N1c1nc(N2C(=O)C3=CCCCC3C2=O)nc(N2C(=O)C3=CCCCC3C2=O)n1. The molecule has 0 saturated carbocycles. The molecule has 1 aromatic rings. The van der Waals surface area contributed by atoms with E-state index in [0.717, 1.165) is 34.0 Å². The van der Waals surface area contributed by atoms with Crippen molar-refractivity contribution >= 4 is 53.3 Å². The smallest absolute Gasteiger partial charge is 0.263 e. The number of hydrogen-bond donors (Lipinski definition) is 0. The number of hydrogen-bond acceptors (Lipinski definition) is 9. The van der Waals surface area contributed by atoms with Crippen LogP contribution in [0.5, 0.6) is 0 Å². The number of rotatable bonds is 3. The molecule has 0 N–H and O–H groups in total. The van der Waals surface area contributed by atoms with E-state index in [1.54, 1.807) is 18.2 Å². The first-order valence-corrected chi connectivity index (χ1v) is 13.4. The molecule has 0 radical (unpaired) electrons. The minimum atomic E-state index is -0.638. The van der Waals surface area contributed by atoms with E-state index in [1.807, 2.05) is 0 Å². The Morgan fingerprint density at radius 3 is 1.03 bits per heavy atom. The number of anilines is 3. The third kappa shape index (κ3) is 3.33. The van der Waals surface area contributed by atoms with E-state index in [1.165, 1.54) is 0 Å². The van der Waals surface area contributed by atoms with Gasteiger partial charge in [0.05, 0.1) is 17.8 Å². The molecule has 0 aromatic carbocycles. The van der Waals surface area contributed by atoms with Crippen LogP contribution < -0.4 is 14.7 Å². The number of amides is 6. The molecular weight excluding hydrogens is 504 g/mol. The maximum Gasteiger partial charge on any atom is 0.263 e. The maximum absolute atomic E-state index is 13.3. The van der Waals surface area contributed by atoms with Gasteiger partial charge in [0.1, 0.15) is 0 Å². The number of fused-ring (bicyclic) bond motifs is 3. The Bertz CT molecular complexity index is 1320. The summed E-state index contributed by atoms with van der Waals surface area (Å²) in [5.41, 5.74) is 1.05. The van der Waals surface area contributed by atoms with Crippen LogP contribution in [0, 0.1) is 17.8 Å². The van der Waals surface area contributed by atoms with Crippen molar-refractivity contribution in [3.8, 4) is 0 Å². The fourth-order valence-electron chi connectivity index (χ4n) is 6.48. The van der Waals surface area contributed by atoms with Crippen LogP contribution in [0.1, 0.15) is 57.8 Å². The Hall–Kier alpha value is -4.35. The molecule has 3 unspecified atom stereocenters. The van der Waals surface area contributed by atoms with Crippen LogP contribution in [0.4, 0.5) is 17.8 Å². The molecule has 0 spiro atoms. The van der Waals surface area contributed by atoms with Crippen molar-refractivity contribution in [2.45, 2.75) is 57.8 Å². The topological polar surface area (TPSA) is 151 Å². The van der Waals surface area contributed by atoms with Crippen molar-refractivity contribution in [2.24, 2.45) is 17.8 Å². The zero-order valence-corrected chi connectivity index (χ0v) is 21.0. The van der Waals surface area contributed by atoms with E-state index < -0.39 is 71.0 Å². The van der Waals surface area contributed by atoms with E-state index in [4.69, 9.17) is 0 Å². The Morgan fingerprint density at radius 1 is 0.487 bits per heavy atom. The van der Waals surface area contributed by atoms with Crippen molar-refractivity contribution in [1.29, 1.82) is 0 Å². The Balaban J connectivity index is 1.37. The van der Waals surface area contributed by atoms with Crippen molar-refractivity contribution in [2.75, 3.05) is 14.7 Å². The van der Waals surface area contributed by atoms with Gasteiger partial charge in [-0.25, -0.2) is 14.7 Å². The number of carbonyl (C=O) groups is 6. The van der Waals surface area contributed by atoms with Gasteiger partial charge in [0.2, 0.25) is 35.6 Å². The van der Waals surface area contributed by atoms with Crippen molar-refractivity contribution in [1.82, 2.24) is 15.0 Å². The lowest BCUT2D eigenvalue weighted by molar-refractivity contribution is -0.123. The van der Waals surface area contributed by atoms with Gasteiger partial charge in [-0.15, -0.1) is 0 Å². The van der Waals surface area contributed by atoms with Gasteiger partial charge in [0, 0.05) is 16.7 Å². The second-order valence-electron chi connectivity index (χ2n) is 10.6. The summed E-state index contributed by atoms with van der Waals surface area (Å²) in [6, 6.07) is 0. The van der Waals surface area contributed by atoms with Gasteiger partial charge < -0.3 is 0 Å². The van der Waals surface area contributed by atoms with Gasteiger partial charge in [0.25, 0.3) is 17.7 Å². The van der Waals surface area contributed by atoms with Gasteiger partial charge in [-0.3, -0.25) is 28.8 Å². The zero-order chi connectivity index (χ0) is 27.0. The number of allylic oxidation sites excluding steroid dienone is 3. The highest BCUT2D eigenvalue weighted by Gasteiger charge is 2.51. The summed E-state index contributed by atoms with van der Waals surface area (Å²) in [5, 5.41) is 0. The van der Waals surface area contributed by atoms with Gasteiger partial charge in [-0.2, -0.15) is 15.0 Å². The molecule has 12 heteroatoms. The van der Waals surface area contributed by atoms with Crippen molar-refractivity contribution < 1.29 is 28.8 Å². The third-order valence-corrected chi connectivity index (χ3v) is 8.42. The molecule has 3 saturated heterocycles. The third-order valence-electron chi connectivity index (χ3n) is 8.42. The van der Waals surface area contributed by atoms with Gasteiger partial charge in [-0.05, 0) is 57.8 Å². The molecule has 1 aromatic heterocycles. The highest BCUT2D eigenvalue weighted by atomic mass is 16.2. The zero-order valence-electron chi connectivity index (χ0n) is 21.0. The highest BCUT2D eigenvalue weighted by Crippen LogP contribution is 2.40. The number of aromatic nitrogens is 3. The summed E-state index contributed by atoms with van der Waals surface area (Å²) in [6.07, 6.45) is 10.9. The summed E-state index contributed by atoms with van der Waals surface area (Å²) in [5.74, 6) is -6.56. The monoisotopic (exact) mass is 528 g/mol. The molecule has 198 valence electrons. The van der Waals surface area contributed by atoms with E-state index in [0.29, 0.717) is 55.2 Å². The Morgan fingerprint density at radius 2 is 0.769 bits per heavy atom. The minimum Gasteiger partial charge on any atom is -0.273 e. The number of carbonyl (C=O) groups excluding carboxylic acids is 6. The molecule has 0 bridgehead atoms. The molecule has 12 nitrogen and oxygen atoms in total. The van der Waals surface area contributed by atoms with Gasteiger partial charge >= 0.3 is 0 Å². The van der Waals surface area contributed by atoms with Gasteiger partial charge in [0.15, 0.2) is 0 Å². The first kappa shape index (κ1) is 23.7. The lowest BCUT2D eigenvalue weighted by Gasteiger charge is -2.20. The first-order chi connectivity index (χ1) is 18.9. The summed E-state index contributed by atoms with van der Waals surface area (Å²) < 4.78 is 0. The molecule has 6 aliphatic rings. The van der Waals surface area contributed by atoms with E-state index in [2.05, 4.69) is 15.0 Å². The second-order valence-corrected chi connectivity index (χ2v) is 10.6. The highest BCUT2D eigenvalue weighted by molar-refractivity contribution is 6.31. The predicted octanol–water partition coefficient (Wildman–Crippen LogP) is 1.67. The average molecular weight is 529 g/mol. The summed E-state index contributed by atoms with van der Waals surface area (Å²) in [7, 11) is 0. The fourth-order valence-corrected chi connectivity index (χ4v) is 6.48. The summed E-state index contributed by atoms with van der Waals surface area (Å²) >= 11 is 0. The van der Waals surface area contributed by atoms with E-state index in [-0.39, 0.29) is 0 Å². The Kier molecular flexibility index (Phi) is 5.23. The Labute approximate surface area is 222 Å². The largest absolute Gasteiger partial charge is 0.273 e. The van der Waals surface area contributed by atoms with Crippen LogP contribution in [0.25, 0.3) is 0 Å². The molecule has 3 atom stereocenters. The van der Waals surface area contributed by atoms with Crippen molar-refractivity contribution in [3.63, 3.8) is 0 Å². The molecule has 3 aliphatic carbocycles. The number of imide groups is 3. The van der Waals surface area contributed by atoms with Crippen LogP contribution >= 0.6 is 0 Å². The van der Waals surface area contributed by atoms with Gasteiger partial charge in [-0.1, -0.05) is 18.2 Å². The molecule has 4 heterocycles. The summed E-state index contributed by atoms with van der Waals surface area (Å²) in [6.45, 7) is 0. The molecule has 3 aliphatic heterocycles. The molecule has 6 amide bonds. The van der Waals surface area contributed by atoms with Crippen molar-refractivity contribution in [3.05, 3.63) is 34.9 Å². The van der Waals surface area contributed by atoms with Crippen LogP contribution in [0.15, 0.2) is 34.9 Å². The lowest BCUT2D eigenvalue weighted by Crippen LogP contribution is -2.38. The quantitative estimate of drug-likeness (QED) is 0.534. The minimum absolute atomic E-state index is 0.351. The van der Waals surface area contributed by atoms with E-state index in [9.17, 15) is 28.8 Å². The molecule has 39 heavy (non-hydrogen) atoms. The average Bonchev–Trinajstić information content (AvgIpc) is 3.48.